The maximum atomic E-state index is 10.4. The summed E-state index contributed by atoms with van der Waals surface area (Å²) in [6, 6.07) is 8.65. The van der Waals surface area contributed by atoms with Crippen LogP contribution in [0.1, 0.15) is 43.2 Å². The van der Waals surface area contributed by atoms with Crippen LogP contribution in [0.3, 0.4) is 0 Å². The molecule has 1 aliphatic rings. The smallest absolute Gasteiger partial charge is 0.0737 e. The third-order valence-electron chi connectivity index (χ3n) is 3.51. The van der Waals surface area contributed by atoms with Gasteiger partial charge in [0, 0.05) is 11.5 Å². The molecule has 0 heterocycles. The van der Waals surface area contributed by atoms with Crippen molar-refractivity contribution in [1.82, 2.24) is 0 Å². The molecular weight excluding hydrogens is 228 g/mol. The van der Waals surface area contributed by atoms with Crippen molar-refractivity contribution in [1.29, 1.82) is 0 Å². The Kier molecular flexibility index (Phi) is 4.52. The van der Waals surface area contributed by atoms with Crippen molar-refractivity contribution < 1.29 is 5.11 Å². The first kappa shape index (κ1) is 13.0. The van der Waals surface area contributed by atoms with Gasteiger partial charge in [0.1, 0.15) is 0 Å². The van der Waals surface area contributed by atoms with Crippen molar-refractivity contribution in [2.75, 3.05) is 5.75 Å². The van der Waals surface area contributed by atoms with Gasteiger partial charge in [0.15, 0.2) is 0 Å². The molecule has 0 amide bonds. The van der Waals surface area contributed by atoms with Gasteiger partial charge in [-0.1, -0.05) is 49.1 Å². The van der Waals surface area contributed by atoms with Crippen LogP contribution >= 0.6 is 11.8 Å². The Balaban J connectivity index is 1.79. The van der Waals surface area contributed by atoms with E-state index in [1.807, 2.05) is 11.8 Å². The Morgan fingerprint density at radius 2 is 2.00 bits per heavy atom. The van der Waals surface area contributed by atoms with Crippen molar-refractivity contribution >= 4 is 11.8 Å². The molecule has 0 radical (unpaired) electrons. The summed E-state index contributed by atoms with van der Waals surface area (Å²) in [5.74, 6) is 1.91. The van der Waals surface area contributed by atoms with Gasteiger partial charge in [-0.25, -0.2) is 0 Å². The molecule has 1 fully saturated rings. The van der Waals surface area contributed by atoms with E-state index in [4.69, 9.17) is 0 Å². The molecule has 1 N–H and O–H groups in total. The minimum absolute atomic E-state index is 0.382. The van der Waals surface area contributed by atoms with Crippen LogP contribution in [0.15, 0.2) is 24.3 Å². The molecule has 0 unspecified atom stereocenters. The van der Waals surface area contributed by atoms with E-state index in [1.165, 1.54) is 30.4 Å². The fourth-order valence-electron chi connectivity index (χ4n) is 2.52. The number of aliphatic hydroxyl groups is 1. The van der Waals surface area contributed by atoms with E-state index in [9.17, 15) is 5.11 Å². The zero-order valence-electron chi connectivity index (χ0n) is 10.6. The summed E-state index contributed by atoms with van der Waals surface area (Å²) in [6.45, 7) is 2.13. The summed E-state index contributed by atoms with van der Waals surface area (Å²) in [4.78, 5) is 0. The second-order valence-electron chi connectivity index (χ2n) is 5.27. The van der Waals surface area contributed by atoms with Crippen molar-refractivity contribution in [2.45, 2.75) is 50.4 Å². The fraction of sp³-hybridized carbons (Fsp3) is 0.600. The topological polar surface area (TPSA) is 20.2 Å². The van der Waals surface area contributed by atoms with Crippen molar-refractivity contribution in [3.63, 3.8) is 0 Å². The molecular formula is C15H22OS. The van der Waals surface area contributed by atoms with Crippen LogP contribution in [0.2, 0.25) is 0 Å². The van der Waals surface area contributed by atoms with Crippen molar-refractivity contribution in [3.05, 3.63) is 35.4 Å². The van der Waals surface area contributed by atoms with Gasteiger partial charge < -0.3 is 5.11 Å². The van der Waals surface area contributed by atoms with Gasteiger partial charge in [-0.15, -0.1) is 0 Å². The van der Waals surface area contributed by atoms with Crippen LogP contribution in [0, 0.1) is 6.92 Å². The summed E-state index contributed by atoms with van der Waals surface area (Å²) in [6.07, 6.45) is 5.68. The Bertz CT molecular complexity index is 356. The summed E-state index contributed by atoms with van der Waals surface area (Å²) >= 11 is 1.87. The summed E-state index contributed by atoms with van der Waals surface area (Å²) in [5.41, 5.74) is 2.31. The maximum Gasteiger partial charge on any atom is 0.0737 e. The first-order valence-corrected chi connectivity index (χ1v) is 7.69. The van der Waals surface area contributed by atoms with Crippen LogP contribution in [-0.4, -0.2) is 16.5 Å². The number of thioether (sulfide) groups is 1. The molecule has 0 atom stereocenters. The third-order valence-corrected chi connectivity index (χ3v) is 4.79. The third kappa shape index (κ3) is 4.04. The van der Waals surface area contributed by atoms with E-state index in [-0.39, 0.29) is 5.60 Å². The number of benzene rings is 1. The minimum Gasteiger partial charge on any atom is -0.389 e. The lowest BCUT2D eigenvalue weighted by Gasteiger charge is -2.31. The maximum absolute atomic E-state index is 10.4. The molecule has 0 bridgehead atoms. The highest BCUT2D eigenvalue weighted by atomic mass is 32.2. The van der Waals surface area contributed by atoms with E-state index in [1.54, 1.807) is 0 Å². The second-order valence-corrected chi connectivity index (χ2v) is 6.25. The molecule has 0 spiro atoms. The van der Waals surface area contributed by atoms with Gasteiger partial charge in [0.25, 0.3) is 0 Å². The largest absolute Gasteiger partial charge is 0.389 e. The van der Waals surface area contributed by atoms with E-state index in [0.717, 1.165) is 24.3 Å². The molecule has 1 aromatic rings. The first-order chi connectivity index (χ1) is 8.18. The number of aryl methyl sites for hydroxylation is 1. The highest BCUT2D eigenvalue weighted by Crippen LogP contribution is 2.31. The van der Waals surface area contributed by atoms with E-state index >= 15 is 0 Å². The zero-order chi connectivity index (χ0) is 12.1. The quantitative estimate of drug-likeness (QED) is 0.874. The highest BCUT2D eigenvalue weighted by Gasteiger charge is 2.28. The van der Waals surface area contributed by atoms with Crippen molar-refractivity contribution in [2.24, 2.45) is 0 Å². The molecule has 1 aliphatic carbocycles. The molecule has 1 nitrogen and oxygen atoms in total. The van der Waals surface area contributed by atoms with Gasteiger partial charge in [0.05, 0.1) is 5.60 Å². The summed E-state index contributed by atoms with van der Waals surface area (Å²) < 4.78 is 0. The molecule has 0 saturated heterocycles. The Morgan fingerprint density at radius 3 is 2.71 bits per heavy atom. The molecule has 1 saturated carbocycles. The lowest BCUT2D eigenvalue weighted by atomic mass is 9.86. The monoisotopic (exact) mass is 250 g/mol. The van der Waals surface area contributed by atoms with Crippen LogP contribution in [0.4, 0.5) is 0 Å². The molecule has 1 aromatic carbocycles. The predicted molar refractivity (Wildman–Crippen MR) is 75.4 cm³/mol. The van der Waals surface area contributed by atoms with Gasteiger partial charge in [0.2, 0.25) is 0 Å². The number of hydrogen-bond donors (Lipinski definition) is 1. The first-order valence-electron chi connectivity index (χ1n) is 6.54. The zero-order valence-corrected chi connectivity index (χ0v) is 11.4. The van der Waals surface area contributed by atoms with E-state index in [2.05, 4.69) is 31.2 Å². The van der Waals surface area contributed by atoms with Crippen LogP contribution < -0.4 is 0 Å². The van der Waals surface area contributed by atoms with Gasteiger partial charge in [-0.05, 0) is 25.3 Å². The fourth-order valence-corrected chi connectivity index (χ4v) is 3.70. The van der Waals surface area contributed by atoms with Crippen LogP contribution in [0.25, 0.3) is 0 Å². The average molecular weight is 250 g/mol. The van der Waals surface area contributed by atoms with E-state index < -0.39 is 0 Å². The summed E-state index contributed by atoms with van der Waals surface area (Å²) in [5, 5.41) is 10.4. The number of hydrogen-bond acceptors (Lipinski definition) is 2. The predicted octanol–water partition coefficient (Wildman–Crippen LogP) is 3.92. The lowest BCUT2D eigenvalue weighted by Crippen LogP contribution is -2.34. The highest BCUT2D eigenvalue weighted by molar-refractivity contribution is 7.98. The van der Waals surface area contributed by atoms with Gasteiger partial charge in [-0.2, -0.15) is 11.8 Å². The van der Waals surface area contributed by atoms with Gasteiger partial charge in [-0.3, -0.25) is 0 Å². The molecule has 94 valence electrons. The molecule has 2 rings (SSSR count). The van der Waals surface area contributed by atoms with Gasteiger partial charge >= 0.3 is 0 Å². The van der Waals surface area contributed by atoms with Crippen molar-refractivity contribution in [3.8, 4) is 0 Å². The van der Waals surface area contributed by atoms with Crippen LogP contribution in [0.5, 0.6) is 0 Å². The molecule has 0 aliphatic heterocycles. The average Bonchev–Trinajstić information content (AvgIpc) is 2.30. The SMILES string of the molecule is Cc1cccc(CSCC2(O)CCCCC2)c1. The molecule has 2 heteroatoms. The second kappa shape index (κ2) is 5.92. The lowest BCUT2D eigenvalue weighted by molar-refractivity contribution is 0.0273. The summed E-state index contributed by atoms with van der Waals surface area (Å²) in [7, 11) is 0. The molecule has 17 heavy (non-hydrogen) atoms. The molecule has 0 aromatic heterocycles. The Labute approximate surface area is 109 Å². The Hall–Kier alpha value is -0.470. The Morgan fingerprint density at radius 1 is 1.24 bits per heavy atom. The van der Waals surface area contributed by atoms with Crippen LogP contribution in [-0.2, 0) is 5.75 Å². The minimum atomic E-state index is -0.382. The standard InChI is InChI=1S/C15H22OS/c1-13-6-5-7-14(10-13)11-17-12-15(16)8-3-2-4-9-15/h5-7,10,16H,2-4,8-9,11-12H2,1H3. The van der Waals surface area contributed by atoms with E-state index in [0.29, 0.717) is 0 Å². The normalized spacial score (nSPS) is 19.2. The number of rotatable bonds is 4.